The van der Waals surface area contributed by atoms with E-state index in [4.69, 9.17) is 0 Å². The zero-order valence-electron chi connectivity index (χ0n) is 12.0. The summed E-state index contributed by atoms with van der Waals surface area (Å²) in [5.41, 5.74) is 0.517. The average molecular weight is 298 g/mol. The van der Waals surface area contributed by atoms with Crippen LogP contribution in [0.3, 0.4) is 0 Å². The summed E-state index contributed by atoms with van der Waals surface area (Å²) in [5, 5.41) is 2.92. The minimum Gasteiger partial charge on any atom is -0.386 e. The van der Waals surface area contributed by atoms with Crippen LogP contribution in [0.2, 0.25) is 0 Å². The normalized spacial score (nSPS) is 18.1. The van der Waals surface area contributed by atoms with Gasteiger partial charge < -0.3 is 10.2 Å². The van der Waals surface area contributed by atoms with Crippen molar-refractivity contribution in [2.75, 3.05) is 39.0 Å². The third-order valence-electron chi connectivity index (χ3n) is 3.70. The number of anilines is 1. The number of aromatic nitrogens is 1. The van der Waals surface area contributed by atoms with Crippen LogP contribution in [0.1, 0.15) is 12.8 Å². The second-order valence-corrected chi connectivity index (χ2v) is 6.89. The second kappa shape index (κ2) is 6.51. The lowest BCUT2D eigenvalue weighted by atomic mass is 9.98. The van der Waals surface area contributed by atoms with E-state index in [1.54, 1.807) is 19.2 Å². The first-order valence-corrected chi connectivity index (χ1v) is 8.32. The van der Waals surface area contributed by atoms with Crippen LogP contribution in [0.5, 0.6) is 0 Å². The maximum Gasteiger partial charge on any atom is 0.260 e. The van der Waals surface area contributed by atoms with Crippen molar-refractivity contribution in [1.82, 2.24) is 14.6 Å². The molecular weight excluding hydrogens is 276 g/mol. The minimum absolute atomic E-state index is 0.0652. The van der Waals surface area contributed by atoms with Crippen molar-refractivity contribution in [3.8, 4) is 0 Å². The summed E-state index contributed by atoms with van der Waals surface area (Å²) in [7, 11) is 0.225. The van der Waals surface area contributed by atoms with Gasteiger partial charge >= 0.3 is 0 Å². The number of likely N-dealkylation sites (tertiary alicyclic amines) is 1. The van der Waals surface area contributed by atoms with Gasteiger partial charge in [-0.25, -0.2) is 18.1 Å². The fourth-order valence-corrected chi connectivity index (χ4v) is 3.61. The monoisotopic (exact) mass is 298 g/mol. The van der Waals surface area contributed by atoms with Gasteiger partial charge in [-0.05, 0) is 51.0 Å². The lowest BCUT2D eigenvalue weighted by molar-refractivity contribution is 0.220. The van der Waals surface area contributed by atoms with Crippen molar-refractivity contribution in [3.63, 3.8) is 0 Å². The second-order valence-electron chi connectivity index (χ2n) is 5.20. The van der Waals surface area contributed by atoms with E-state index in [-0.39, 0.29) is 5.03 Å². The van der Waals surface area contributed by atoms with Gasteiger partial charge in [-0.1, -0.05) is 0 Å². The summed E-state index contributed by atoms with van der Waals surface area (Å²) in [6, 6.07) is 3.42. The molecule has 0 atom stereocenters. The summed E-state index contributed by atoms with van der Waals surface area (Å²) in [4.78, 5) is 6.24. The largest absolute Gasteiger partial charge is 0.386 e. The van der Waals surface area contributed by atoms with E-state index in [1.807, 2.05) is 0 Å². The van der Waals surface area contributed by atoms with Gasteiger partial charge in [0.15, 0.2) is 5.03 Å². The highest BCUT2D eigenvalue weighted by Crippen LogP contribution is 2.19. The number of sulfonamides is 1. The highest BCUT2D eigenvalue weighted by molar-refractivity contribution is 7.89. The molecule has 1 fully saturated rings. The number of hydrogen-bond acceptors (Lipinski definition) is 5. The van der Waals surface area contributed by atoms with Crippen LogP contribution in [-0.4, -0.2) is 52.0 Å². The Morgan fingerprint density at radius 1 is 1.40 bits per heavy atom. The zero-order valence-corrected chi connectivity index (χ0v) is 12.8. The molecule has 0 aromatic carbocycles. The smallest absolute Gasteiger partial charge is 0.260 e. The Hall–Kier alpha value is -1.18. The SMILES string of the molecule is CNc1cccnc1S(=O)(=O)NCC1CCN(C)CC1. The molecule has 6 nitrogen and oxygen atoms in total. The van der Waals surface area contributed by atoms with Crippen molar-refractivity contribution in [2.24, 2.45) is 5.92 Å². The molecule has 1 aliphatic heterocycles. The standard InChI is InChI=1S/C13H22N4O2S/c1-14-12-4-3-7-15-13(12)20(18,19)16-10-11-5-8-17(2)9-6-11/h3-4,7,11,14,16H,5-6,8-10H2,1-2H3. The van der Waals surface area contributed by atoms with Gasteiger partial charge in [0.1, 0.15) is 0 Å². The van der Waals surface area contributed by atoms with Gasteiger partial charge in [0, 0.05) is 19.8 Å². The fourth-order valence-electron chi connectivity index (χ4n) is 2.36. The quantitative estimate of drug-likeness (QED) is 0.839. The molecule has 1 saturated heterocycles. The average Bonchev–Trinajstić information content (AvgIpc) is 2.46. The Morgan fingerprint density at radius 3 is 2.75 bits per heavy atom. The Morgan fingerprint density at radius 2 is 2.10 bits per heavy atom. The number of rotatable bonds is 5. The summed E-state index contributed by atoms with van der Waals surface area (Å²) >= 11 is 0. The van der Waals surface area contributed by atoms with Gasteiger partial charge in [0.05, 0.1) is 5.69 Å². The van der Waals surface area contributed by atoms with E-state index in [1.165, 1.54) is 6.20 Å². The number of nitrogens with one attached hydrogen (secondary N) is 2. The van der Waals surface area contributed by atoms with E-state index in [0.29, 0.717) is 18.2 Å². The number of hydrogen-bond donors (Lipinski definition) is 2. The highest BCUT2D eigenvalue weighted by Gasteiger charge is 2.23. The number of pyridine rings is 1. The predicted octanol–water partition coefficient (Wildman–Crippen LogP) is 0.743. The molecule has 1 aromatic heterocycles. The Labute approximate surface area is 120 Å². The first-order valence-electron chi connectivity index (χ1n) is 6.84. The van der Waals surface area contributed by atoms with Crippen LogP contribution in [0, 0.1) is 5.92 Å². The summed E-state index contributed by atoms with van der Waals surface area (Å²) in [5.74, 6) is 0.405. The molecule has 0 aliphatic carbocycles. The van der Waals surface area contributed by atoms with Crippen LogP contribution >= 0.6 is 0 Å². The summed E-state index contributed by atoms with van der Waals surface area (Å²) in [6.07, 6.45) is 3.55. The molecule has 0 bridgehead atoms. The maximum absolute atomic E-state index is 12.3. The molecule has 112 valence electrons. The van der Waals surface area contributed by atoms with Gasteiger partial charge in [0.2, 0.25) is 0 Å². The molecule has 2 heterocycles. The van der Waals surface area contributed by atoms with Gasteiger partial charge in [-0.3, -0.25) is 0 Å². The van der Waals surface area contributed by atoms with Gasteiger partial charge in [-0.15, -0.1) is 0 Å². The van der Waals surface area contributed by atoms with Crippen molar-refractivity contribution in [2.45, 2.75) is 17.9 Å². The maximum atomic E-state index is 12.3. The predicted molar refractivity (Wildman–Crippen MR) is 79.2 cm³/mol. The summed E-state index contributed by atoms with van der Waals surface area (Å²) in [6.45, 7) is 2.53. The molecule has 20 heavy (non-hydrogen) atoms. The third-order valence-corrected chi connectivity index (χ3v) is 5.08. The molecule has 7 heteroatoms. The molecule has 0 saturated carbocycles. The zero-order chi connectivity index (χ0) is 14.6. The fraction of sp³-hybridized carbons (Fsp3) is 0.615. The lowest BCUT2D eigenvalue weighted by Gasteiger charge is -2.28. The van der Waals surface area contributed by atoms with Crippen molar-refractivity contribution in [1.29, 1.82) is 0 Å². The minimum atomic E-state index is -3.55. The summed E-state index contributed by atoms with van der Waals surface area (Å²) < 4.78 is 27.3. The van der Waals surface area contributed by atoms with Crippen LogP contribution in [0.4, 0.5) is 5.69 Å². The van der Waals surface area contributed by atoms with Crippen molar-refractivity contribution < 1.29 is 8.42 Å². The van der Waals surface area contributed by atoms with Crippen LogP contribution < -0.4 is 10.0 Å². The third kappa shape index (κ3) is 3.68. The van der Waals surface area contributed by atoms with E-state index < -0.39 is 10.0 Å². The van der Waals surface area contributed by atoms with Crippen LogP contribution in [-0.2, 0) is 10.0 Å². The van der Waals surface area contributed by atoms with Crippen LogP contribution in [0.25, 0.3) is 0 Å². The first-order chi connectivity index (χ1) is 9.53. The Kier molecular flexibility index (Phi) is 4.95. The molecule has 0 amide bonds. The Balaban J connectivity index is 2.00. The van der Waals surface area contributed by atoms with Crippen LogP contribution in [0.15, 0.2) is 23.4 Å². The van der Waals surface area contributed by atoms with Gasteiger partial charge in [-0.2, -0.15) is 0 Å². The first kappa shape index (κ1) is 15.2. The number of nitrogens with zero attached hydrogens (tertiary/aromatic N) is 2. The van der Waals surface area contributed by atoms with E-state index in [9.17, 15) is 8.42 Å². The molecule has 2 rings (SSSR count). The van der Waals surface area contributed by atoms with Crippen molar-refractivity contribution >= 4 is 15.7 Å². The molecule has 1 aromatic rings. The lowest BCUT2D eigenvalue weighted by Crippen LogP contribution is -2.37. The number of piperidine rings is 1. The molecular formula is C13H22N4O2S. The van der Waals surface area contributed by atoms with E-state index in [2.05, 4.69) is 27.0 Å². The molecule has 2 N–H and O–H groups in total. The molecule has 1 aliphatic rings. The highest BCUT2D eigenvalue weighted by atomic mass is 32.2. The molecule has 0 radical (unpaired) electrons. The van der Waals surface area contributed by atoms with Gasteiger partial charge in [0.25, 0.3) is 10.0 Å². The topological polar surface area (TPSA) is 74.3 Å². The molecule has 0 unspecified atom stereocenters. The van der Waals surface area contributed by atoms with Crippen molar-refractivity contribution in [3.05, 3.63) is 18.3 Å². The Bertz CT molecular complexity index is 539. The van der Waals surface area contributed by atoms with E-state index in [0.717, 1.165) is 25.9 Å². The van der Waals surface area contributed by atoms with E-state index >= 15 is 0 Å². The molecule has 0 spiro atoms.